The third kappa shape index (κ3) is 2.90. The van der Waals surface area contributed by atoms with Crippen molar-refractivity contribution in [3.63, 3.8) is 0 Å². The van der Waals surface area contributed by atoms with Crippen LogP contribution < -0.4 is 10.2 Å². The summed E-state index contributed by atoms with van der Waals surface area (Å²) in [5.74, 6) is 1.40. The van der Waals surface area contributed by atoms with E-state index in [4.69, 9.17) is 4.98 Å². The van der Waals surface area contributed by atoms with Crippen molar-refractivity contribution in [3.05, 3.63) is 36.9 Å². The number of nitrogens with zero attached hydrogens (tertiary/aromatic N) is 3. The van der Waals surface area contributed by atoms with Crippen LogP contribution in [-0.4, -0.2) is 34.6 Å². The van der Waals surface area contributed by atoms with Gasteiger partial charge < -0.3 is 14.8 Å². The van der Waals surface area contributed by atoms with Gasteiger partial charge >= 0.3 is 0 Å². The molecule has 126 valence electrons. The molecule has 4 rings (SSSR count). The summed E-state index contributed by atoms with van der Waals surface area (Å²) in [5.41, 5.74) is 2.16. The molecule has 0 bridgehead atoms. The van der Waals surface area contributed by atoms with Gasteiger partial charge in [0.15, 0.2) is 0 Å². The van der Waals surface area contributed by atoms with E-state index in [0.717, 1.165) is 62.3 Å². The molecule has 0 spiro atoms. The minimum absolute atomic E-state index is 0.152. The molecule has 5 heteroatoms. The van der Waals surface area contributed by atoms with Crippen LogP contribution in [0.3, 0.4) is 0 Å². The van der Waals surface area contributed by atoms with Crippen molar-refractivity contribution < 1.29 is 4.79 Å². The Morgan fingerprint density at radius 2 is 2.00 bits per heavy atom. The highest BCUT2D eigenvalue weighted by molar-refractivity contribution is 5.80. The number of para-hydroxylation sites is 2. The minimum Gasteiger partial charge on any atom is -0.353 e. The number of hydrogen-bond acceptors (Lipinski definition) is 3. The molecule has 24 heavy (non-hydrogen) atoms. The largest absolute Gasteiger partial charge is 0.353 e. The molecular weight excluding hydrogens is 300 g/mol. The molecule has 0 atom stereocenters. The number of aromatic nitrogens is 2. The number of hydrogen-bond donors (Lipinski definition) is 1. The molecule has 1 N–H and O–H groups in total. The number of carbonyl (C=O) groups is 1. The van der Waals surface area contributed by atoms with Gasteiger partial charge in [0, 0.05) is 31.6 Å². The van der Waals surface area contributed by atoms with Gasteiger partial charge in [0.2, 0.25) is 11.9 Å². The van der Waals surface area contributed by atoms with Crippen LogP contribution in [0.25, 0.3) is 11.0 Å². The van der Waals surface area contributed by atoms with Gasteiger partial charge in [0.25, 0.3) is 0 Å². The summed E-state index contributed by atoms with van der Waals surface area (Å²) < 4.78 is 2.22. The maximum Gasteiger partial charge on any atom is 0.223 e. The highest BCUT2D eigenvalue weighted by atomic mass is 16.2. The summed E-state index contributed by atoms with van der Waals surface area (Å²) in [6.45, 7) is 6.38. The first-order valence-corrected chi connectivity index (χ1v) is 8.88. The number of imidazole rings is 1. The SMILES string of the molecule is C=CCn1c(N2CCC(C(=O)NC3CC3)CC2)nc2ccccc21. The summed E-state index contributed by atoms with van der Waals surface area (Å²) in [6.07, 6.45) is 6.01. The monoisotopic (exact) mass is 324 g/mol. The van der Waals surface area contributed by atoms with Crippen molar-refractivity contribution >= 4 is 22.9 Å². The summed E-state index contributed by atoms with van der Waals surface area (Å²) in [5, 5.41) is 3.14. The van der Waals surface area contributed by atoms with Crippen LogP contribution in [0.5, 0.6) is 0 Å². The Hall–Kier alpha value is -2.30. The van der Waals surface area contributed by atoms with E-state index in [1.165, 1.54) is 0 Å². The van der Waals surface area contributed by atoms with Crippen LogP contribution >= 0.6 is 0 Å². The summed E-state index contributed by atoms with van der Waals surface area (Å²) >= 11 is 0. The molecule has 1 saturated heterocycles. The molecule has 1 aromatic carbocycles. The highest BCUT2D eigenvalue weighted by Crippen LogP contribution is 2.28. The molecule has 1 aliphatic heterocycles. The van der Waals surface area contributed by atoms with Crippen molar-refractivity contribution in [1.29, 1.82) is 0 Å². The molecule has 1 amide bonds. The summed E-state index contributed by atoms with van der Waals surface area (Å²) in [7, 11) is 0. The van der Waals surface area contributed by atoms with Crippen molar-refractivity contribution in [2.24, 2.45) is 5.92 Å². The van der Waals surface area contributed by atoms with Gasteiger partial charge in [0.1, 0.15) is 0 Å². The number of anilines is 1. The lowest BCUT2D eigenvalue weighted by Crippen LogP contribution is -2.42. The maximum absolute atomic E-state index is 12.2. The molecular formula is C19H24N4O. The number of amides is 1. The smallest absolute Gasteiger partial charge is 0.223 e. The lowest BCUT2D eigenvalue weighted by atomic mass is 9.96. The highest BCUT2D eigenvalue weighted by Gasteiger charge is 2.31. The second-order valence-electron chi connectivity index (χ2n) is 6.84. The molecule has 2 fully saturated rings. The fourth-order valence-electron chi connectivity index (χ4n) is 3.50. The molecule has 0 radical (unpaired) electrons. The third-order valence-corrected chi connectivity index (χ3v) is 5.02. The minimum atomic E-state index is 0.152. The van der Waals surface area contributed by atoms with E-state index >= 15 is 0 Å². The first kappa shape index (κ1) is 15.2. The zero-order valence-electron chi connectivity index (χ0n) is 13.9. The quantitative estimate of drug-likeness (QED) is 0.861. The number of piperidine rings is 1. The first-order chi connectivity index (χ1) is 11.8. The van der Waals surface area contributed by atoms with Gasteiger partial charge in [-0.25, -0.2) is 4.98 Å². The van der Waals surface area contributed by atoms with E-state index in [-0.39, 0.29) is 11.8 Å². The van der Waals surface area contributed by atoms with Crippen molar-refractivity contribution in [1.82, 2.24) is 14.9 Å². The normalized spacial score (nSPS) is 18.8. The molecule has 1 saturated carbocycles. The summed E-state index contributed by atoms with van der Waals surface area (Å²) in [6, 6.07) is 8.67. The van der Waals surface area contributed by atoms with E-state index in [2.05, 4.69) is 27.4 Å². The predicted octanol–water partition coefficient (Wildman–Crippen LogP) is 2.72. The van der Waals surface area contributed by atoms with Crippen LogP contribution in [0.4, 0.5) is 5.95 Å². The van der Waals surface area contributed by atoms with E-state index in [1.807, 2.05) is 24.3 Å². The molecule has 0 unspecified atom stereocenters. The van der Waals surface area contributed by atoms with Gasteiger partial charge in [-0.1, -0.05) is 18.2 Å². The van der Waals surface area contributed by atoms with Crippen molar-refractivity contribution in [3.8, 4) is 0 Å². The fraction of sp³-hybridized carbons (Fsp3) is 0.474. The second kappa shape index (κ2) is 6.30. The van der Waals surface area contributed by atoms with Gasteiger partial charge in [-0.05, 0) is 37.8 Å². The van der Waals surface area contributed by atoms with Crippen LogP contribution in [-0.2, 0) is 11.3 Å². The Kier molecular flexibility index (Phi) is 4.00. The van der Waals surface area contributed by atoms with Crippen molar-refractivity contribution in [2.75, 3.05) is 18.0 Å². The average molecular weight is 324 g/mol. The summed E-state index contributed by atoms with van der Waals surface area (Å²) in [4.78, 5) is 19.4. The van der Waals surface area contributed by atoms with Crippen molar-refractivity contribution in [2.45, 2.75) is 38.3 Å². The van der Waals surface area contributed by atoms with Gasteiger partial charge in [-0.3, -0.25) is 4.79 Å². The number of fused-ring (bicyclic) bond motifs is 1. The number of nitrogens with one attached hydrogen (secondary N) is 1. The molecule has 1 aliphatic carbocycles. The first-order valence-electron chi connectivity index (χ1n) is 8.88. The third-order valence-electron chi connectivity index (χ3n) is 5.02. The molecule has 1 aromatic heterocycles. The average Bonchev–Trinajstić information content (AvgIpc) is 3.35. The lowest BCUT2D eigenvalue weighted by Gasteiger charge is -2.32. The second-order valence-corrected chi connectivity index (χ2v) is 6.84. The fourth-order valence-corrected chi connectivity index (χ4v) is 3.50. The molecule has 5 nitrogen and oxygen atoms in total. The zero-order chi connectivity index (χ0) is 16.5. The van der Waals surface area contributed by atoms with Gasteiger partial charge in [0.05, 0.1) is 11.0 Å². The van der Waals surface area contributed by atoms with E-state index in [9.17, 15) is 4.79 Å². The van der Waals surface area contributed by atoms with Gasteiger partial charge in [-0.2, -0.15) is 0 Å². The van der Waals surface area contributed by atoms with Crippen LogP contribution in [0, 0.1) is 5.92 Å². The number of rotatable bonds is 5. The van der Waals surface area contributed by atoms with Crippen LogP contribution in [0.15, 0.2) is 36.9 Å². The molecule has 2 heterocycles. The Balaban J connectivity index is 1.50. The van der Waals surface area contributed by atoms with Gasteiger partial charge in [-0.15, -0.1) is 6.58 Å². The lowest BCUT2D eigenvalue weighted by molar-refractivity contribution is -0.125. The Bertz CT molecular complexity index is 754. The van der Waals surface area contributed by atoms with E-state index in [1.54, 1.807) is 0 Å². The number of carbonyl (C=O) groups excluding carboxylic acids is 1. The van der Waals surface area contributed by atoms with E-state index < -0.39 is 0 Å². The zero-order valence-corrected chi connectivity index (χ0v) is 13.9. The van der Waals surface area contributed by atoms with Crippen LogP contribution in [0.2, 0.25) is 0 Å². The molecule has 2 aromatic rings. The van der Waals surface area contributed by atoms with Crippen LogP contribution in [0.1, 0.15) is 25.7 Å². The van der Waals surface area contributed by atoms with E-state index in [0.29, 0.717) is 6.04 Å². The maximum atomic E-state index is 12.2. The number of benzene rings is 1. The standard InChI is InChI=1S/C19H24N4O/c1-2-11-23-17-6-4-3-5-16(17)21-19(23)22-12-9-14(10-13-22)18(24)20-15-7-8-15/h2-6,14-15H,1,7-13H2,(H,20,24). The topological polar surface area (TPSA) is 50.2 Å². The Labute approximate surface area is 142 Å². The molecule has 2 aliphatic rings. The number of allylic oxidation sites excluding steroid dienone is 1. The Morgan fingerprint density at radius 3 is 2.71 bits per heavy atom. The Morgan fingerprint density at radius 1 is 1.25 bits per heavy atom. The predicted molar refractivity (Wildman–Crippen MR) is 96.0 cm³/mol.